The average Bonchev–Trinajstić information content (AvgIpc) is 3.24. The number of nitrogens with zero attached hydrogens (tertiary/aromatic N) is 2. The van der Waals surface area contributed by atoms with Gasteiger partial charge >= 0.3 is 0 Å². The second kappa shape index (κ2) is 7.62. The van der Waals surface area contributed by atoms with E-state index in [1.807, 2.05) is 12.1 Å². The van der Waals surface area contributed by atoms with Crippen molar-refractivity contribution in [3.05, 3.63) is 53.9 Å². The molecule has 0 bridgehead atoms. The van der Waals surface area contributed by atoms with Crippen LogP contribution in [0.1, 0.15) is 49.4 Å². The molecule has 138 valence electrons. The van der Waals surface area contributed by atoms with Gasteiger partial charge in [-0.05, 0) is 50.2 Å². The highest BCUT2D eigenvalue weighted by Crippen LogP contribution is 2.40. The Hall–Kier alpha value is -2.14. The average molecular weight is 353 g/mol. The number of likely N-dealkylation sites (tertiary alicyclic amines) is 1. The van der Waals surface area contributed by atoms with Crippen LogP contribution in [0.3, 0.4) is 0 Å². The first-order chi connectivity index (χ1) is 12.8. The Morgan fingerprint density at radius 1 is 1.19 bits per heavy atom. The van der Waals surface area contributed by atoms with Gasteiger partial charge in [0.15, 0.2) is 0 Å². The van der Waals surface area contributed by atoms with Gasteiger partial charge in [0.1, 0.15) is 0 Å². The Balaban J connectivity index is 1.62. The fourth-order valence-corrected chi connectivity index (χ4v) is 4.47. The zero-order valence-electron chi connectivity index (χ0n) is 15.2. The topological polar surface area (TPSA) is 58.2 Å². The van der Waals surface area contributed by atoms with Crippen molar-refractivity contribution in [1.82, 2.24) is 15.1 Å². The van der Waals surface area contributed by atoms with E-state index in [9.17, 15) is 4.79 Å². The van der Waals surface area contributed by atoms with Crippen molar-refractivity contribution in [2.24, 2.45) is 5.41 Å². The lowest BCUT2D eigenvalue weighted by molar-refractivity contribution is -0.152. The second-order valence-corrected chi connectivity index (χ2v) is 7.58. The van der Waals surface area contributed by atoms with E-state index in [4.69, 9.17) is 4.74 Å². The minimum atomic E-state index is -0.352. The summed E-state index contributed by atoms with van der Waals surface area (Å²) in [7, 11) is 0. The number of benzene rings is 1. The maximum Gasteiger partial charge on any atom is 0.229 e. The van der Waals surface area contributed by atoms with Gasteiger partial charge in [-0.2, -0.15) is 5.10 Å². The molecular formula is C21H27N3O2. The van der Waals surface area contributed by atoms with E-state index in [1.54, 1.807) is 6.20 Å². The molecular weight excluding hydrogens is 326 g/mol. The minimum absolute atomic E-state index is 0.120. The molecule has 0 aliphatic carbocycles. The summed E-state index contributed by atoms with van der Waals surface area (Å²) < 4.78 is 5.61. The van der Waals surface area contributed by atoms with Gasteiger partial charge in [-0.25, -0.2) is 0 Å². The first kappa shape index (κ1) is 17.3. The number of hydrogen-bond acceptors (Lipinski definition) is 3. The first-order valence-electron chi connectivity index (χ1n) is 9.71. The fourth-order valence-electron chi connectivity index (χ4n) is 4.47. The summed E-state index contributed by atoms with van der Waals surface area (Å²) in [5.74, 6) is 0.295. The van der Waals surface area contributed by atoms with Crippen molar-refractivity contribution >= 4 is 5.91 Å². The number of aromatic nitrogens is 2. The number of H-pyrrole nitrogens is 1. The summed E-state index contributed by atoms with van der Waals surface area (Å²) >= 11 is 0. The van der Waals surface area contributed by atoms with E-state index < -0.39 is 0 Å². The van der Waals surface area contributed by atoms with Crippen molar-refractivity contribution in [3.63, 3.8) is 0 Å². The van der Waals surface area contributed by atoms with Crippen LogP contribution >= 0.6 is 0 Å². The molecule has 2 aromatic rings. The quantitative estimate of drug-likeness (QED) is 0.915. The highest BCUT2D eigenvalue weighted by molar-refractivity contribution is 5.83. The molecule has 2 fully saturated rings. The van der Waals surface area contributed by atoms with E-state index in [2.05, 4.69) is 39.4 Å². The Labute approximate surface area is 154 Å². The summed E-state index contributed by atoms with van der Waals surface area (Å²) in [4.78, 5) is 15.9. The number of aromatic amines is 1. The maximum absolute atomic E-state index is 13.8. The number of ether oxygens (including phenoxy) is 1. The summed E-state index contributed by atoms with van der Waals surface area (Å²) in [5.41, 5.74) is 1.94. The molecule has 1 N–H and O–H groups in total. The van der Waals surface area contributed by atoms with Crippen molar-refractivity contribution in [1.29, 1.82) is 0 Å². The highest BCUT2D eigenvalue weighted by atomic mass is 16.5. The van der Waals surface area contributed by atoms with Crippen LogP contribution in [-0.2, 0) is 16.0 Å². The van der Waals surface area contributed by atoms with E-state index >= 15 is 0 Å². The zero-order valence-corrected chi connectivity index (χ0v) is 15.2. The number of rotatable bonds is 4. The van der Waals surface area contributed by atoms with Gasteiger partial charge in [-0.3, -0.25) is 9.89 Å². The first-order valence-corrected chi connectivity index (χ1v) is 9.71. The molecule has 4 rings (SSSR count). The molecule has 0 saturated carbocycles. The van der Waals surface area contributed by atoms with Crippen molar-refractivity contribution in [2.45, 2.75) is 44.6 Å². The molecule has 2 aliphatic heterocycles. The Morgan fingerprint density at radius 2 is 2.00 bits per heavy atom. The maximum atomic E-state index is 13.8. The van der Waals surface area contributed by atoms with Crippen molar-refractivity contribution in [3.8, 4) is 0 Å². The molecule has 3 heterocycles. The summed E-state index contributed by atoms with van der Waals surface area (Å²) in [6.45, 7) is 2.17. The van der Waals surface area contributed by atoms with Crippen LogP contribution in [0.25, 0.3) is 0 Å². The smallest absolute Gasteiger partial charge is 0.229 e. The minimum Gasteiger partial charge on any atom is -0.381 e. The van der Waals surface area contributed by atoms with Crippen molar-refractivity contribution in [2.75, 3.05) is 19.8 Å². The molecule has 2 saturated heterocycles. The predicted octanol–water partition coefficient (Wildman–Crippen LogP) is 3.50. The fraction of sp³-hybridized carbons (Fsp3) is 0.524. The molecule has 5 heteroatoms. The lowest BCUT2D eigenvalue weighted by Gasteiger charge is -2.44. The molecule has 1 unspecified atom stereocenters. The number of amides is 1. The van der Waals surface area contributed by atoms with Crippen LogP contribution in [0, 0.1) is 5.41 Å². The van der Waals surface area contributed by atoms with Crippen molar-refractivity contribution < 1.29 is 9.53 Å². The number of hydrogen-bond donors (Lipinski definition) is 1. The predicted molar refractivity (Wildman–Crippen MR) is 99.5 cm³/mol. The molecule has 1 atom stereocenters. The third-order valence-electron chi connectivity index (χ3n) is 5.93. The SMILES string of the molecule is O=C(N1CCCCC1c1ccn[nH]1)C1(Cc2ccccc2)CCOCC1. The van der Waals surface area contributed by atoms with Gasteiger partial charge in [-0.1, -0.05) is 30.3 Å². The third kappa shape index (κ3) is 3.40. The molecule has 1 aromatic carbocycles. The van der Waals surface area contributed by atoms with Gasteiger partial charge < -0.3 is 9.64 Å². The molecule has 0 radical (unpaired) electrons. The zero-order chi connectivity index (χ0) is 17.8. The largest absolute Gasteiger partial charge is 0.381 e. The number of carbonyl (C=O) groups is 1. The lowest BCUT2D eigenvalue weighted by atomic mass is 9.73. The monoisotopic (exact) mass is 353 g/mol. The Morgan fingerprint density at radius 3 is 2.73 bits per heavy atom. The van der Waals surface area contributed by atoms with Crippen LogP contribution in [-0.4, -0.2) is 40.8 Å². The van der Waals surface area contributed by atoms with Gasteiger partial charge in [0.05, 0.1) is 17.2 Å². The molecule has 1 aromatic heterocycles. The number of nitrogens with one attached hydrogen (secondary N) is 1. The standard InChI is InChI=1S/C21H27N3O2/c25-20(24-13-5-4-8-19(24)18-9-12-22-23-18)21(10-14-26-15-11-21)16-17-6-2-1-3-7-17/h1-3,6-7,9,12,19H,4-5,8,10-11,13-16H2,(H,22,23). The lowest BCUT2D eigenvalue weighted by Crippen LogP contribution is -2.50. The van der Waals surface area contributed by atoms with Gasteiger partial charge in [-0.15, -0.1) is 0 Å². The van der Waals surface area contributed by atoms with E-state index in [0.717, 1.165) is 50.8 Å². The van der Waals surface area contributed by atoms with E-state index in [1.165, 1.54) is 5.56 Å². The van der Waals surface area contributed by atoms with Crippen LogP contribution in [0.5, 0.6) is 0 Å². The Kier molecular flexibility index (Phi) is 5.07. The molecule has 1 amide bonds. The number of carbonyl (C=O) groups excluding carboxylic acids is 1. The van der Waals surface area contributed by atoms with Gasteiger partial charge in [0, 0.05) is 26.0 Å². The van der Waals surface area contributed by atoms with Gasteiger partial charge in [0.2, 0.25) is 5.91 Å². The Bertz CT molecular complexity index is 708. The van der Waals surface area contributed by atoms with E-state index in [0.29, 0.717) is 19.1 Å². The van der Waals surface area contributed by atoms with Crippen LogP contribution in [0.2, 0.25) is 0 Å². The summed E-state index contributed by atoms with van der Waals surface area (Å²) in [5, 5.41) is 7.19. The normalized spacial score (nSPS) is 22.9. The number of piperidine rings is 1. The molecule has 26 heavy (non-hydrogen) atoms. The second-order valence-electron chi connectivity index (χ2n) is 7.58. The third-order valence-corrected chi connectivity index (χ3v) is 5.93. The van der Waals surface area contributed by atoms with E-state index in [-0.39, 0.29) is 11.5 Å². The molecule has 0 spiro atoms. The molecule has 5 nitrogen and oxygen atoms in total. The molecule has 2 aliphatic rings. The van der Waals surface area contributed by atoms with Crippen LogP contribution in [0.4, 0.5) is 0 Å². The van der Waals surface area contributed by atoms with Crippen LogP contribution < -0.4 is 0 Å². The van der Waals surface area contributed by atoms with Gasteiger partial charge in [0.25, 0.3) is 0 Å². The summed E-state index contributed by atoms with van der Waals surface area (Å²) in [6.07, 6.45) is 7.41. The van der Waals surface area contributed by atoms with Crippen LogP contribution in [0.15, 0.2) is 42.6 Å². The summed E-state index contributed by atoms with van der Waals surface area (Å²) in [6, 6.07) is 12.5. The highest BCUT2D eigenvalue weighted by Gasteiger charge is 2.45.